The lowest BCUT2D eigenvalue weighted by molar-refractivity contribution is -0.140. The van der Waals surface area contributed by atoms with Crippen molar-refractivity contribution < 1.29 is 19.6 Å². The fourth-order valence-electron chi connectivity index (χ4n) is 1.34. The van der Waals surface area contributed by atoms with Gasteiger partial charge in [-0.3, -0.25) is 9.78 Å². The number of pyridine rings is 1. The summed E-state index contributed by atoms with van der Waals surface area (Å²) in [5, 5.41) is 18.0. The van der Waals surface area contributed by atoms with Crippen LogP contribution in [-0.2, 0) is 9.53 Å². The van der Waals surface area contributed by atoms with Crippen molar-refractivity contribution in [2.24, 2.45) is 0 Å². The van der Waals surface area contributed by atoms with Crippen LogP contribution in [0.15, 0.2) is 18.5 Å². The first-order chi connectivity index (χ1) is 7.54. The smallest absolute Gasteiger partial charge is 0.469 e. The van der Waals surface area contributed by atoms with Crippen molar-refractivity contribution in [1.82, 2.24) is 4.98 Å². The lowest BCUT2D eigenvalue weighted by Crippen LogP contribution is -2.30. The molecule has 1 heterocycles. The summed E-state index contributed by atoms with van der Waals surface area (Å²) in [6.07, 6.45) is 3.21. The summed E-state index contributed by atoms with van der Waals surface area (Å²) in [6, 6.07) is 1.62. The second-order valence-corrected chi connectivity index (χ2v) is 3.61. The summed E-state index contributed by atoms with van der Waals surface area (Å²) in [7, 11) is -0.209. The van der Waals surface area contributed by atoms with Gasteiger partial charge in [0.1, 0.15) is 0 Å². The summed E-state index contributed by atoms with van der Waals surface area (Å²) in [6.45, 7) is 1.85. The molecule has 0 saturated carbocycles. The Labute approximate surface area is 94.2 Å². The van der Waals surface area contributed by atoms with Crippen LogP contribution in [0.1, 0.15) is 24.8 Å². The SMILES string of the molecule is COC(=O)CC(C)c1cncc(B(O)O)c1. The number of hydrogen-bond donors (Lipinski definition) is 2. The molecule has 0 aliphatic carbocycles. The average molecular weight is 223 g/mol. The molecule has 2 N–H and O–H groups in total. The standard InChI is InChI=1S/C10H14BNO4/c1-7(3-10(13)16-2)8-4-9(11(14)15)6-12-5-8/h4-7,14-15H,3H2,1-2H3. The summed E-state index contributed by atoms with van der Waals surface area (Å²) < 4.78 is 4.56. The number of carbonyl (C=O) groups excluding carboxylic acids is 1. The molecule has 0 aromatic carbocycles. The highest BCUT2D eigenvalue weighted by Gasteiger charge is 2.16. The minimum atomic E-state index is -1.54. The van der Waals surface area contributed by atoms with Gasteiger partial charge in [0.05, 0.1) is 13.5 Å². The molecular formula is C10H14BNO4. The topological polar surface area (TPSA) is 79.7 Å². The number of carbonyl (C=O) groups is 1. The summed E-state index contributed by atoms with van der Waals surface area (Å²) >= 11 is 0. The van der Waals surface area contributed by atoms with E-state index in [4.69, 9.17) is 10.0 Å². The first kappa shape index (κ1) is 12.7. The Morgan fingerprint density at radius 2 is 2.25 bits per heavy atom. The number of nitrogens with zero attached hydrogens (tertiary/aromatic N) is 1. The zero-order valence-electron chi connectivity index (χ0n) is 9.25. The number of esters is 1. The molecule has 0 fully saturated rings. The predicted octanol–water partition coefficient (Wildman–Crippen LogP) is -0.572. The van der Waals surface area contributed by atoms with Crippen LogP contribution in [-0.4, -0.2) is 35.2 Å². The zero-order chi connectivity index (χ0) is 12.1. The zero-order valence-corrected chi connectivity index (χ0v) is 9.25. The monoisotopic (exact) mass is 223 g/mol. The van der Waals surface area contributed by atoms with Crippen LogP contribution >= 0.6 is 0 Å². The lowest BCUT2D eigenvalue weighted by Gasteiger charge is -2.11. The van der Waals surface area contributed by atoms with E-state index in [9.17, 15) is 4.79 Å². The van der Waals surface area contributed by atoms with E-state index < -0.39 is 7.12 Å². The third kappa shape index (κ3) is 3.32. The summed E-state index contributed by atoms with van der Waals surface area (Å²) in [5.74, 6) is -0.374. The van der Waals surface area contributed by atoms with E-state index in [1.165, 1.54) is 13.3 Å². The molecular weight excluding hydrogens is 209 g/mol. The van der Waals surface area contributed by atoms with Crippen molar-refractivity contribution in [3.8, 4) is 0 Å². The van der Waals surface area contributed by atoms with Crippen LogP contribution in [0.5, 0.6) is 0 Å². The molecule has 1 aromatic rings. The Morgan fingerprint density at radius 1 is 1.56 bits per heavy atom. The van der Waals surface area contributed by atoms with Crippen LogP contribution < -0.4 is 5.46 Å². The molecule has 0 aliphatic heterocycles. The highest BCUT2D eigenvalue weighted by atomic mass is 16.5. The van der Waals surface area contributed by atoms with E-state index in [0.717, 1.165) is 5.56 Å². The highest BCUT2D eigenvalue weighted by Crippen LogP contribution is 2.17. The van der Waals surface area contributed by atoms with E-state index in [-0.39, 0.29) is 18.3 Å². The van der Waals surface area contributed by atoms with Gasteiger partial charge in [-0.05, 0) is 11.5 Å². The van der Waals surface area contributed by atoms with Gasteiger partial charge in [-0.1, -0.05) is 13.0 Å². The van der Waals surface area contributed by atoms with Crippen molar-refractivity contribution >= 4 is 18.6 Å². The molecule has 1 unspecified atom stereocenters. The van der Waals surface area contributed by atoms with E-state index in [2.05, 4.69) is 9.72 Å². The molecule has 1 atom stereocenters. The first-order valence-corrected chi connectivity index (χ1v) is 4.92. The molecule has 0 bridgehead atoms. The minimum absolute atomic E-state index is 0.0707. The molecule has 1 rings (SSSR count). The molecule has 5 nitrogen and oxygen atoms in total. The quantitative estimate of drug-likeness (QED) is 0.527. The molecule has 16 heavy (non-hydrogen) atoms. The molecule has 0 aliphatic rings. The fraction of sp³-hybridized carbons (Fsp3) is 0.400. The number of methoxy groups -OCH3 is 1. The Kier molecular flexibility index (Phi) is 4.45. The maximum atomic E-state index is 11.1. The Bertz CT molecular complexity index is 370. The van der Waals surface area contributed by atoms with Gasteiger partial charge in [0, 0.05) is 17.9 Å². The summed E-state index contributed by atoms with van der Waals surface area (Å²) in [5.41, 5.74) is 1.09. The number of hydrogen-bond acceptors (Lipinski definition) is 5. The van der Waals surface area contributed by atoms with Crippen LogP contribution in [0.4, 0.5) is 0 Å². The van der Waals surface area contributed by atoms with E-state index >= 15 is 0 Å². The molecule has 0 spiro atoms. The van der Waals surface area contributed by atoms with Gasteiger partial charge >= 0.3 is 13.1 Å². The van der Waals surface area contributed by atoms with E-state index in [1.54, 1.807) is 12.3 Å². The van der Waals surface area contributed by atoms with Crippen LogP contribution in [0.2, 0.25) is 0 Å². The lowest BCUT2D eigenvalue weighted by atomic mass is 9.80. The van der Waals surface area contributed by atoms with Gasteiger partial charge in [0.15, 0.2) is 0 Å². The third-order valence-corrected chi connectivity index (χ3v) is 2.35. The Hall–Kier alpha value is -1.40. The number of aromatic nitrogens is 1. The highest BCUT2D eigenvalue weighted by molar-refractivity contribution is 6.58. The van der Waals surface area contributed by atoms with E-state index in [0.29, 0.717) is 5.46 Å². The second kappa shape index (κ2) is 5.62. The second-order valence-electron chi connectivity index (χ2n) is 3.61. The maximum absolute atomic E-state index is 11.1. The van der Waals surface area contributed by atoms with Gasteiger partial charge < -0.3 is 14.8 Å². The van der Waals surface area contributed by atoms with E-state index in [1.807, 2.05) is 6.92 Å². The Balaban J connectivity index is 2.79. The molecule has 0 amide bonds. The van der Waals surface area contributed by atoms with Crippen molar-refractivity contribution in [2.45, 2.75) is 19.3 Å². The average Bonchev–Trinajstić information content (AvgIpc) is 2.28. The number of rotatable bonds is 4. The molecule has 86 valence electrons. The van der Waals surface area contributed by atoms with Gasteiger partial charge in [-0.15, -0.1) is 0 Å². The van der Waals surface area contributed by atoms with Gasteiger partial charge in [-0.2, -0.15) is 0 Å². The Morgan fingerprint density at radius 3 is 2.81 bits per heavy atom. The molecule has 0 saturated heterocycles. The minimum Gasteiger partial charge on any atom is -0.469 e. The number of ether oxygens (including phenoxy) is 1. The van der Waals surface area contributed by atoms with Crippen molar-refractivity contribution in [3.05, 3.63) is 24.0 Å². The largest absolute Gasteiger partial charge is 0.490 e. The third-order valence-electron chi connectivity index (χ3n) is 2.35. The molecule has 6 heteroatoms. The fourth-order valence-corrected chi connectivity index (χ4v) is 1.34. The van der Waals surface area contributed by atoms with Gasteiger partial charge in [-0.25, -0.2) is 0 Å². The van der Waals surface area contributed by atoms with Crippen LogP contribution in [0.25, 0.3) is 0 Å². The van der Waals surface area contributed by atoms with Crippen molar-refractivity contribution in [2.75, 3.05) is 7.11 Å². The summed E-state index contributed by atoms with van der Waals surface area (Å²) in [4.78, 5) is 15.0. The van der Waals surface area contributed by atoms with Crippen molar-refractivity contribution in [3.63, 3.8) is 0 Å². The van der Waals surface area contributed by atoms with Gasteiger partial charge in [0.25, 0.3) is 0 Å². The maximum Gasteiger partial charge on any atom is 0.490 e. The molecule has 1 aromatic heterocycles. The normalized spacial score (nSPS) is 12.0. The molecule has 0 radical (unpaired) electrons. The first-order valence-electron chi connectivity index (χ1n) is 4.92. The van der Waals surface area contributed by atoms with Crippen LogP contribution in [0.3, 0.4) is 0 Å². The predicted molar refractivity (Wildman–Crippen MR) is 59.1 cm³/mol. The van der Waals surface area contributed by atoms with Gasteiger partial charge in [0.2, 0.25) is 0 Å². The van der Waals surface area contributed by atoms with Crippen molar-refractivity contribution in [1.29, 1.82) is 0 Å². The van der Waals surface area contributed by atoms with Crippen LogP contribution in [0, 0.1) is 0 Å².